The number of nitrogens with zero attached hydrogens (tertiary/aromatic N) is 6. The third-order valence-electron chi connectivity index (χ3n) is 4.83. The van der Waals surface area contributed by atoms with Gasteiger partial charge in [-0.1, -0.05) is 0 Å². The maximum Gasteiger partial charge on any atom is 0.333 e. The SMILES string of the molecule is Cc1cc2nccc([C@@H]3CCCN3S(=O)(=O)c3cnn(C(F)F)c3C)n2n1. The molecule has 4 rings (SSSR count). The summed E-state index contributed by atoms with van der Waals surface area (Å²) in [4.78, 5) is 4.05. The third kappa shape index (κ3) is 2.81. The van der Waals surface area contributed by atoms with Crippen LogP contribution in [0.5, 0.6) is 0 Å². The summed E-state index contributed by atoms with van der Waals surface area (Å²) < 4.78 is 55.8. The molecule has 0 aliphatic carbocycles. The van der Waals surface area contributed by atoms with Gasteiger partial charge in [-0.3, -0.25) is 0 Å². The molecular formula is C16H18F2N6O2S. The second-order valence-corrected chi connectivity index (χ2v) is 8.37. The Bertz CT molecular complexity index is 1110. The zero-order valence-electron chi connectivity index (χ0n) is 14.7. The predicted octanol–water partition coefficient (Wildman–Crippen LogP) is 2.46. The van der Waals surface area contributed by atoms with E-state index in [2.05, 4.69) is 15.2 Å². The van der Waals surface area contributed by atoms with Crippen LogP contribution in [-0.2, 0) is 10.0 Å². The summed E-state index contributed by atoms with van der Waals surface area (Å²) in [6, 6.07) is 3.11. The first-order valence-corrected chi connectivity index (χ1v) is 9.90. The van der Waals surface area contributed by atoms with Crippen LogP contribution in [0.25, 0.3) is 5.65 Å². The fourth-order valence-electron chi connectivity index (χ4n) is 3.59. The van der Waals surface area contributed by atoms with E-state index in [-0.39, 0.29) is 10.6 Å². The molecule has 8 nitrogen and oxygen atoms in total. The summed E-state index contributed by atoms with van der Waals surface area (Å²) >= 11 is 0. The minimum absolute atomic E-state index is 0.0783. The molecule has 3 aromatic heterocycles. The molecule has 1 aliphatic heterocycles. The Labute approximate surface area is 154 Å². The minimum atomic E-state index is -3.99. The van der Waals surface area contributed by atoms with Crippen LogP contribution in [0.3, 0.4) is 0 Å². The van der Waals surface area contributed by atoms with Crippen molar-refractivity contribution < 1.29 is 17.2 Å². The zero-order chi connectivity index (χ0) is 19.3. The third-order valence-corrected chi connectivity index (χ3v) is 6.84. The Morgan fingerprint density at radius 1 is 1.30 bits per heavy atom. The first-order chi connectivity index (χ1) is 12.8. The number of alkyl halides is 2. The number of aromatic nitrogens is 5. The van der Waals surface area contributed by atoms with Gasteiger partial charge < -0.3 is 0 Å². The van der Waals surface area contributed by atoms with Crippen molar-refractivity contribution >= 4 is 15.7 Å². The van der Waals surface area contributed by atoms with Crippen molar-refractivity contribution in [2.24, 2.45) is 0 Å². The fraction of sp³-hybridized carbons (Fsp3) is 0.438. The molecule has 4 heterocycles. The molecular weight excluding hydrogens is 378 g/mol. The Hall–Kier alpha value is -2.40. The highest BCUT2D eigenvalue weighted by Crippen LogP contribution is 2.37. The lowest BCUT2D eigenvalue weighted by atomic mass is 10.1. The molecule has 3 aromatic rings. The summed E-state index contributed by atoms with van der Waals surface area (Å²) in [5, 5.41) is 7.95. The number of hydrogen-bond acceptors (Lipinski definition) is 5. The molecule has 1 aliphatic rings. The number of fused-ring (bicyclic) bond motifs is 1. The van der Waals surface area contributed by atoms with Gasteiger partial charge in [0.15, 0.2) is 5.65 Å². The number of halogens is 2. The minimum Gasteiger partial charge on any atom is -0.237 e. The van der Waals surface area contributed by atoms with Gasteiger partial charge in [0.05, 0.1) is 29.3 Å². The lowest BCUT2D eigenvalue weighted by Gasteiger charge is -2.24. The molecule has 0 N–H and O–H groups in total. The molecule has 0 unspecified atom stereocenters. The molecule has 1 fully saturated rings. The lowest BCUT2D eigenvalue weighted by molar-refractivity contribution is 0.0541. The van der Waals surface area contributed by atoms with E-state index in [1.54, 1.807) is 16.8 Å². The number of rotatable bonds is 4. The van der Waals surface area contributed by atoms with Crippen molar-refractivity contribution in [1.29, 1.82) is 0 Å². The normalized spacial score (nSPS) is 18.8. The average molecular weight is 396 g/mol. The van der Waals surface area contributed by atoms with Gasteiger partial charge in [0, 0.05) is 18.8 Å². The van der Waals surface area contributed by atoms with Crippen LogP contribution < -0.4 is 0 Å². The molecule has 0 amide bonds. The highest BCUT2D eigenvalue weighted by atomic mass is 32.2. The van der Waals surface area contributed by atoms with E-state index in [4.69, 9.17) is 0 Å². The molecule has 0 bridgehead atoms. The summed E-state index contributed by atoms with van der Waals surface area (Å²) in [6.45, 7) is 0.578. The van der Waals surface area contributed by atoms with Gasteiger partial charge in [0.1, 0.15) is 4.90 Å². The maximum absolute atomic E-state index is 13.2. The number of hydrogen-bond donors (Lipinski definition) is 0. The van der Waals surface area contributed by atoms with E-state index < -0.39 is 22.6 Å². The monoisotopic (exact) mass is 396 g/mol. The molecule has 11 heteroatoms. The van der Waals surface area contributed by atoms with Crippen LogP contribution >= 0.6 is 0 Å². The summed E-state index contributed by atoms with van der Waals surface area (Å²) in [7, 11) is -3.99. The number of aryl methyl sites for hydroxylation is 1. The smallest absolute Gasteiger partial charge is 0.237 e. The van der Waals surface area contributed by atoms with Crippen molar-refractivity contribution in [3.05, 3.63) is 41.6 Å². The van der Waals surface area contributed by atoms with Crippen molar-refractivity contribution in [3.63, 3.8) is 0 Å². The largest absolute Gasteiger partial charge is 0.333 e. The van der Waals surface area contributed by atoms with E-state index in [1.807, 2.05) is 13.0 Å². The van der Waals surface area contributed by atoms with Crippen LogP contribution in [0.2, 0.25) is 0 Å². The molecule has 27 heavy (non-hydrogen) atoms. The van der Waals surface area contributed by atoms with Gasteiger partial charge >= 0.3 is 6.55 Å². The molecule has 1 atom stereocenters. The first kappa shape index (κ1) is 18.0. The van der Waals surface area contributed by atoms with Crippen molar-refractivity contribution in [2.45, 2.75) is 44.2 Å². The standard InChI is InChI=1S/C16H18F2N6O2S/c1-10-8-15-19-6-5-13(24(15)21-10)12-4-3-7-22(12)27(25,26)14-9-20-23(11(14)2)16(17)18/h5-6,8-9,12,16H,3-4,7H2,1-2H3/t12-/m0/s1. The molecule has 0 saturated carbocycles. The second kappa shape index (κ2) is 6.34. The molecule has 0 spiro atoms. The maximum atomic E-state index is 13.2. The second-order valence-electron chi connectivity index (χ2n) is 6.52. The predicted molar refractivity (Wildman–Crippen MR) is 91.8 cm³/mol. The van der Waals surface area contributed by atoms with E-state index >= 15 is 0 Å². The van der Waals surface area contributed by atoms with Crippen LogP contribution in [0, 0.1) is 13.8 Å². The van der Waals surface area contributed by atoms with Crippen molar-refractivity contribution in [2.75, 3.05) is 6.54 Å². The van der Waals surface area contributed by atoms with Gasteiger partial charge in [-0.15, -0.1) is 0 Å². The van der Waals surface area contributed by atoms with Crippen molar-refractivity contribution in [3.8, 4) is 0 Å². The van der Waals surface area contributed by atoms with Crippen LogP contribution in [-0.4, -0.2) is 43.6 Å². The van der Waals surface area contributed by atoms with E-state index in [0.717, 1.165) is 11.9 Å². The Morgan fingerprint density at radius 2 is 2.07 bits per heavy atom. The highest BCUT2D eigenvalue weighted by Gasteiger charge is 2.39. The summed E-state index contributed by atoms with van der Waals surface area (Å²) in [6.07, 6.45) is 3.89. The van der Waals surface area contributed by atoms with Crippen LogP contribution in [0.4, 0.5) is 8.78 Å². The molecule has 144 valence electrons. The van der Waals surface area contributed by atoms with Gasteiger partial charge in [0.25, 0.3) is 0 Å². The Morgan fingerprint density at radius 3 is 2.78 bits per heavy atom. The molecule has 0 radical (unpaired) electrons. The van der Waals surface area contributed by atoms with E-state index in [1.165, 1.54) is 11.2 Å². The topological polar surface area (TPSA) is 85.4 Å². The zero-order valence-corrected chi connectivity index (χ0v) is 15.6. The highest BCUT2D eigenvalue weighted by molar-refractivity contribution is 7.89. The Kier molecular flexibility index (Phi) is 4.22. The molecule has 1 saturated heterocycles. The van der Waals surface area contributed by atoms with E-state index in [9.17, 15) is 17.2 Å². The average Bonchev–Trinajstić information content (AvgIpc) is 3.30. The Balaban J connectivity index is 1.79. The van der Waals surface area contributed by atoms with Gasteiger partial charge in [-0.05, 0) is 32.8 Å². The first-order valence-electron chi connectivity index (χ1n) is 8.46. The quantitative estimate of drug-likeness (QED) is 0.676. The van der Waals surface area contributed by atoms with E-state index in [0.29, 0.717) is 35.4 Å². The lowest BCUT2D eigenvalue weighted by Crippen LogP contribution is -2.32. The summed E-state index contributed by atoms with van der Waals surface area (Å²) in [5.41, 5.74) is 2.03. The fourth-order valence-corrected chi connectivity index (χ4v) is 5.41. The van der Waals surface area contributed by atoms with Crippen molar-refractivity contribution in [1.82, 2.24) is 28.7 Å². The molecule has 0 aromatic carbocycles. The van der Waals surface area contributed by atoms with Crippen LogP contribution in [0.15, 0.2) is 29.4 Å². The number of sulfonamides is 1. The van der Waals surface area contributed by atoms with Gasteiger partial charge in [-0.2, -0.15) is 23.3 Å². The van der Waals surface area contributed by atoms with Gasteiger partial charge in [0.2, 0.25) is 10.0 Å². The summed E-state index contributed by atoms with van der Waals surface area (Å²) in [5.74, 6) is 0. The van der Waals surface area contributed by atoms with Crippen LogP contribution in [0.1, 0.15) is 42.5 Å². The van der Waals surface area contributed by atoms with Gasteiger partial charge in [-0.25, -0.2) is 22.6 Å².